The molecular weight excluding hydrogens is 176 g/mol. The maximum Gasteiger partial charge on any atom is 0.373 e. The molecule has 3 N–H and O–H groups in total. The third-order valence-electron chi connectivity index (χ3n) is 1.30. The van der Waals surface area contributed by atoms with Crippen LogP contribution >= 0.6 is 0 Å². The average molecular weight is 180 g/mol. The predicted octanol–water partition coefficient (Wildman–Crippen LogP) is -0.712. The van der Waals surface area contributed by atoms with Crippen molar-refractivity contribution in [2.24, 2.45) is 0 Å². The van der Waals surface area contributed by atoms with Gasteiger partial charge in [-0.1, -0.05) is 0 Å². The zero-order valence-electron chi connectivity index (χ0n) is 6.22. The van der Waals surface area contributed by atoms with E-state index in [0.717, 1.165) is 0 Å². The molecule has 0 spiro atoms. The number of carboxylic acids is 1. The van der Waals surface area contributed by atoms with E-state index in [0.29, 0.717) is 0 Å². The van der Waals surface area contributed by atoms with Gasteiger partial charge in [0.25, 0.3) is 0 Å². The Morgan fingerprint density at radius 1 is 1.38 bits per heavy atom. The molecule has 0 saturated carbocycles. The number of aromatic carboxylic acids is 1. The fraction of sp³-hybridized carbons (Fsp3) is 0. The number of carbonyl (C=O) groups is 1. The molecule has 66 valence electrons. The summed E-state index contributed by atoms with van der Waals surface area (Å²) in [5, 5.41) is 20.5. The number of rotatable bonds is 2. The summed E-state index contributed by atoms with van der Waals surface area (Å²) in [7, 11) is 0. The van der Waals surface area contributed by atoms with Gasteiger partial charge >= 0.3 is 5.97 Å². The molecule has 13 heavy (non-hydrogen) atoms. The number of hydrogen-bond donors (Lipinski definition) is 3. The fourth-order valence-corrected chi connectivity index (χ4v) is 0.774. The first kappa shape index (κ1) is 7.40. The van der Waals surface area contributed by atoms with Gasteiger partial charge in [0.1, 0.15) is 6.33 Å². The largest absolute Gasteiger partial charge is 0.475 e. The van der Waals surface area contributed by atoms with E-state index < -0.39 is 5.97 Å². The molecule has 0 bridgehead atoms. The average Bonchev–Trinajstić information content (AvgIpc) is 2.75. The van der Waals surface area contributed by atoms with Gasteiger partial charge in [-0.05, 0) is 0 Å². The molecule has 2 rings (SSSR count). The van der Waals surface area contributed by atoms with E-state index in [-0.39, 0.29) is 17.5 Å². The molecule has 0 unspecified atom stereocenters. The van der Waals surface area contributed by atoms with Crippen molar-refractivity contribution in [3.8, 4) is 11.6 Å². The van der Waals surface area contributed by atoms with Crippen LogP contribution in [0.4, 0.5) is 0 Å². The van der Waals surface area contributed by atoms with Gasteiger partial charge in [-0.2, -0.15) is 10.1 Å². The number of carboxylic acid groups (broad SMARTS) is 1. The van der Waals surface area contributed by atoms with Crippen molar-refractivity contribution in [1.29, 1.82) is 0 Å². The van der Waals surface area contributed by atoms with Crippen LogP contribution in [0.15, 0.2) is 6.33 Å². The van der Waals surface area contributed by atoms with Crippen molar-refractivity contribution < 1.29 is 9.90 Å². The second-order valence-electron chi connectivity index (χ2n) is 2.14. The van der Waals surface area contributed by atoms with Crippen molar-refractivity contribution >= 4 is 5.97 Å². The first-order valence-corrected chi connectivity index (χ1v) is 3.29. The van der Waals surface area contributed by atoms with E-state index >= 15 is 0 Å². The van der Waals surface area contributed by atoms with E-state index in [1.807, 2.05) is 0 Å². The van der Waals surface area contributed by atoms with E-state index in [9.17, 15) is 4.79 Å². The molecule has 0 radical (unpaired) electrons. The molecule has 2 heterocycles. The van der Waals surface area contributed by atoms with Gasteiger partial charge in [0.15, 0.2) is 0 Å². The minimum atomic E-state index is -1.17. The quantitative estimate of drug-likeness (QED) is 0.561. The van der Waals surface area contributed by atoms with Gasteiger partial charge in [0.05, 0.1) is 0 Å². The summed E-state index contributed by atoms with van der Waals surface area (Å²) < 4.78 is 0. The molecule has 0 aliphatic rings. The van der Waals surface area contributed by atoms with Crippen molar-refractivity contribution in [1.82, 2.24) is 30.4 Å². The smallest absolute Gasteiger partial charge is 0.373 e. The Labute approximate surface area is 71.0 Å². The molecule has 0 aliphatic heterocycles. The van der Waals surface area contributed by atoms with Crippen LogP contribution in [0, 0.1) is 0 Å². The summed E-state index contributed by atoms with van der Waals surface area (Å²) >= 11 is 0. The molecule has 2 aromatic heterocycles. The Morgan fingerprint density at radius 2 is 2.23 bits per heavy atom. The van der Waals surface area contributed by atoms with Crippen molar-refractivity contribution in [2.45, 2.75) is 0 Å². The van der Waals surface area contributed by atoms with Crippen LogP contribution in [0.2, 0.25) is 0 Å². The maximum absolute atomic E-state index is 10.4. The third-order valence-corrected chi connectivity index (χ3v) is 1.30. The molecule has 0 aromatic carbocycles. The van der Waals surface area contributed by atoms with E-state index in [1.54, 1.807) is 0 Å². The molecule has 8 heteroatoms. The third kappa shape index (κ3) is 1.24. The number of nitrogens with one attached hydrogen (secondary N) is 2. The van der Waals surface area contributed by atoms with Gasteiger partial charge in [0, 0.05) is 0 Å². The summed E-state index contributed by atoms with van der Waals surface area (Å²) in [5.74, 6) is -1.00. The Morgan fingerprint density at radius 3 is 2.77 bits per heavy atom. The molecule has 0 saturated heterocycles. The second kappa shape index (κ2) is 2.66. The lowest BCUT2D eigenvalue weighted by molar-refractivity contribution is 0.0684. The highest BCUT2D eigenvalue weighted by molar-refractivity contribution is 5.83. The highest BCUT2D eigenvalue weighted by atomic mass is 16.4. The zero-order chi connectivity index (χ0) is 9.26. The van der Waals surface area contributed by atoms with Crippen LogP contribution in [-0.2, 0) is 0 Å². The van der Waals surface area contributed by atoms with Gasteiger partial charge in [0.2, 0.25) is 17.5 Å². The lowest BCUT2D eigenvalue weighted by atomic mass is 10.6. The van der Waals surface area contributed by atoms with Crippen LogP contribution < -0.4 is 0 Å². The number of aromatic amines is 2. The zero-order valence-corrected chi connectivity index (χ0v) is 6.22. The van der Waals surface area contributed by atoms with Crippen molar-refractivity contribution in [3.63, 3.8) is 0 Å². The van der Waals surface area contributed by atoms with Crippen molar-refractivity contribution in [3.05, 3.63) is 12.2 Å². The van der Waals surface area contributed by atoms with E-state index in [4.69, 9.17) is 5.11 Å². The standard InChI is InChI=1S/C5H4N6O2/c12-5(13)4-8-3(10-11-4)2-6-1-7-9-2/h1H,(H,12,13)(H,6,7,9)(H,8,10,11). The van der Waals surface area contributed by atoms with Crippen LogP contribution in [0.25, 0.3) is 11.6 Å². The lowest BCUT2D eigenvalue weighted by Gasteiger charge is -1.81. The molecule has 2 aromatic rings. The molecule has 0 fully saturated rings. The SMILES string of the molecule is O=C(O)c1nc(-c2nc[nH]n2)n[nH]1. The highest BCUT2D eigenvalue weighted by Gasteiger charge is 2.12. The van der Waals surface area contributed by atoms with Crippen molar-refractivity contribution in [2.75, 3.05) is 0 Å². The van der Waals surface area contributed by atoms with Gasteiger partial charge in [-0.15, -0.1) is 5.10 Å². The number of aromatic nitrogens is 6. The summed E-state index contributed by atoms with van der Waals surface area (Å²) in [6.45, 7) is 0. The minimum absolute atomic E-state index is 0.152. The number of nitrogens with zero attached hydrogens (tertiary/aromatic N) is 4. The molecule has 0 aliphatic carbocycles. The van der Waals surface area contributed by atoms with Crippen LogP contribution in [-0.4, -0.2) is 41.4 Å². The summed E-state index contributed by atoms with van der Waals surface area (Å²) in [6, 6.07) is 0. The molecule has 8 nitrogen and oxygen atoms in total. The topological polar surface area (TPSA) is 120 Å². The van der Waals surface area contributed by atoms with Crippen LogP contribution in [0.1, 0.15) is 10.6 Å². The molecular formula is C5H4N6O2. The van der Waals surface area contributed by atoms with E-state index in [2.05, 4.69) is 30.4 Å². The normalized spacial score (nSPS) is 10.2. The van der Waals surface area contributed by atoms with Crippen LogP contribution in [0.3, 0.4) is 0 Å². The lowest BCUT2D eigenvalue weighted by Crippen LogP contribution is -1.98. The maximum atomic E-state index is 10.4. The number of hydrogen-bond acceptors (Lipinski definition) is 5. The highest BCUT2D eigenvalue weighted by Crippen LogP contribution is 2.05. The Kier molecular flexibility index (Phi) is 1.51. The second-order valence-corrected chi connectivity index (χ2v) is 2.14. The van der Waals surface area contributed by atoms with Gasteiger partial charge in [-0.3, -0.25) is 10.2 Å². The number of H-pyrrole nitrogens is 2. The minimum Gasteiger partial charge on any atom is -0.475 e. The first-order chi connectivity index (χ1) is 6.27. The Bertz CT molecular complexity index is 418. The summed E-state index contributed by atoms with van der Waals surface area (Å²) in [4.78, 5) is 17.8. The Balaban J connectivity index is 2.39. The first-order valence-electron chi connectivity index (χ1n) is 3.29. The monoisotopic (exact) mass is 180 g/mol. The van der Waals surface area contributed by atoms with Crippen LogP contribution in [0.5, 0.6) is 0 Å². The summed E-state index contributed by atoms with van der Waals surface area (Å²) in [6.07, 6.45) is 1.35. The summed E-state index contributed by atoms with van der Waals surface area (Å²) in [5.41, 5.74) is 0. The Hall–Kier alpha value is -2.25. The molecule has 0 amide bonds. The molecule has 0 atom stereocenters. The van der Waals surface area contributed by atoms with Gasteiger partial charge < -0.3 is 5.11 Å². The predicted molar refractivity (Wildman–Crippen MR) is 38.7 cm³/mol. The fourth-order valence-electron chi connectivity index (χ4n) is 0.774. The van der Waals surface area contributed by atoms with E-state index in [1.165, 1.54) is 6.33 Å². The van der Waals surface area contributed by atoms with Gasteiger partial charge in [-0.25, -0.2) is 9.78 Å².